The molecule has 160 valence electrons. The predicted octanol–water partition coefficient (Wildman–Crippen LogP) is 3.18. The number of esters is 1. The maximum Gasteiger partial charge on any atom is 0.338 e. The fraction of sp³-hybridized carbons (Fsp3) is 0.348. The quantitative estimate of drug-likeness (QED) is 0.572. The number of amides is 2. The van der Waals surface area contributed by atoms with Crippen molar-refractivity contribution in [3.63, 3.8) is 0 Å². The van der Waals surface area contributed by atoms with Gasteiger partial charge in [0, 0.05) is 18.7 Å². The molecule has 0 radical (unpaired) electrons. The van der Waals surface area contributed by atoms with Crippen molar-refractivity contribution < 1.29 is 23.9 Å². The first-order valence-corrected chi connectivity index (χ1v) is 9.90. The lowest BCUT2D eigenvalue weighted by atomic mass is 10.1. The van der Waals surface area contributed by atoms with Gasteiger partial charge in [-0.3, -0.25) is 9.59 Å². The second-order valence-corrected chi connectivity index (χ2v) is 7.23. The van der Waals surface area contributed by atoms with Gasteiger partial charge in [0.1, 0.15) is 5.75 Å². The largest absolute Gasteiger partial charge is 0.494 e. The Kier molecular flexibility index (Phi) is 8.87. The van der Waals surface area contributed by atoms with E-state index >= 15 is 0 Å². The number of para-hydroxylation sites is 1. The van der Waals surface area contributed by atoms with Crippen molar-refractivity contribution in [3.8, 4) is 5.75 Å². The Balaban J connectivity index is 1.92. The summed E-state index contributed by atoms with van der Waals surface area (Å²) in [4.78, 5) is 37.4. The highest BCUT2D eigenvalue weighted by Gasteiger charge is 2.19. The molecular weight excluding hydrogens is 384 g/mol. The third-order valence-corrected chi connectivity index (χ3v) is 4.33. The molecule has 0 atom stereocenters. The van der Waals surface area contributed by atoms with E-state index in [0.29, 0.717) is 29.5 Å². The minimum absolute atomic E-state index is 0.00680. The van der Waals surface area contributed by atoms with Gasteiger partial charge in [0.2, 0.25) is 5.91 Å². The zero-order valence-electron chi connectivity index (χ0n) is 17.4. The van der Waals surface area contributed by atoms with Crippen LogP contribution in [0.2, 0.25) is 0 Å². The molecule has 7 heteroatoms. The molecule has 0 saturated carbocycles. The van der Waals surface area contributed by atoms with Gasteiger partial charge in [-0.1, -0.05) is 32.0 Å². The minimum Gasteiger partial charge on any atom is -0.494 e. The lowest BCUT2D eigenvalue weighted by Gasteiger charge is -2.22. The van der Waals surface area contributed by atoms with Crippen LogP contribution in [-0.4, -0.2) is 37.5 Å². The number of rotatable bonds is 11. The van der Waals surface area contributed by atoms with Crippen molar-refractivity contribution in [1.82, 2.24) is 0 Å². The smallest absolute Gasteiger partial charge is 0.338 e. The summed E-state index contributed by atoms with van der Waals surface area (Å²) in [7, 11) is 0. The number of carbonyl (C=O) groups is 3. The Morgan fingerprint density at radius 3 is 2.27 bits per heavy atom. The average molecular weight is 412 g/mol. The van der Waals surface area contributed by atoms with Gasteiger partial charge in [0.25, 0.3) is 5.91 Å². The van der Waals surface area contributed by atoms with E-state index in [4.69, 9.17) is 15.2 Å². The van der Waals surface area contributed by atoms with Gasteiger partial charge in [-0.15, -0.1) is 0 Å². The number of nitrogens with zero attached hydrogens (tertiary/aromatic N) is 1. The Hall–Kier alpha value is -3.35. The zero-order valence-corrected chi connectivity index (χ0v) is 17.4. The molecule has 0 unspecified atom stereocenters. The standard InChI is InChI=1S/C23H28N2O5/c1-17(2)13-15-29-20-10-8-18(9-11-20)23(28)30-16-22(27)25(14-12-21(24)26)19-6-4-3-5-7-19/h3-11,17H,12-16H2,1-2H3,(H2,24,26). The Morgan fingerprint density at radius 1 is 1.00 bits per heavy atom. The molecule has 0 saturated heterocycles. The van der Waals surface area contributed by atoms with Crippen LogP contribution in [0.1, 0.15) is 37.0 Å². The first kappa shape index (κ1) is 22.9. The Labute approximate surface area is 176 Å². The summed E-state index contributed by atoms with van der Waals surface area (Å²) in [6.45, 7) is 4.51. The predicted molar refractivity (Wildman–Crippen MR) is 114 cm³/mol. The van der Waals surface area contributed by atoms with Crippen LogP contribution >= 0.6 is 0 Å². The molecule has 2 aromatic carbocycles. The van der Waals surface area contributed by atoms with Gasteiger partial charge < -0.3 is 20.1 Å². The summed E-state index contributed by atoms with van der Waals surface area (Å²) in [6.07, 6.45) is 0.951. The molecule has 2 aromatic rings. The molecule has 2 amide bonds. The van der Waals surface area contributed by atoms with E-state index in [-0.39, 0.29) is 13.0 Å². The van der Waals surface area contributed by atoms with Crippen molar-refractivity contribution in [1.29, 1.82) is 0 Å². The fourth-order valence-electron chi connectivity index (χ4n) is 2.62. The number of nitrogens with two attached hydrogens (primary N) is 1. The average Bonchev–Trinajstić information content (AvgIpc) is 2.73. The van der Waals surface area contributed by atoms with Crippen molar-refractivity contribution in [2.24, 2.45) is 11.7 Å². The van der Waals surface area contributed by atoms with Crippen molar-refractivity contribution in [2.75, 3.05) is 24.7 Å². The fourth-order valence-corrected chi connectivity index (χ4v) is 2.62. The third-order valence-electron chi connectivity index (χ3n) is 4.33. The first-order chi connectivity index (χ1) is 14.4. The highest BCUT2D eigenvalue weighted by atomic mass is 16.5. The lowest BCUT2D eigenvalue weighted by molar-refractivity contribution is -0.121. The first-order valence-electron chi connectivity index (χ1n) is 9.90. The molecule has 0 aliphatic rings. The van der Waals surface area contributed by atoms with Gasteiger partial charge >= 0.3 is 5.97 Å². The summed E-state index contributed by atoms with van der Waals surface area (Å²) in [6, 6.07) is 15.4. The molecule has 0 aliphatic carbocycles. The van der Waals surface area contributed by atoms with E-state index in [2.05, 4.69) is 13.8 Å². The summed E-state index contributed by atoms with van der Waals surface area (Å²) in [5.41, 5.74) is 6.12. The van der Waals surface area contributed by atoms with Crippen LogP contribution in [0.15, 0.2) is 54.6 Å². The molecule has 0 heterocycles. The summed E-state index contributed by atoms with van der Waals surface area (Å²) >= 11 is 0. The van der Waals surface area contributed by atoms with Crippen molar-refractivity contribution in [3.05, 3.63) is 60.2 Å². The van der Waals surface area contributed by atoms with Crippen LogP contribution in [0.3, 0.4) is 0 Å². The molecule has 2 N–H and O–H groups in total. The van der Waals surface area contributed by atoms with Crippen LogP contribution in [0.5, 0.6) is 5.75 Å². The molecular formula is C23H28N2O5. The van der Waals surface area contributed by atoms with Gasteiger partial charge in [-0.25, -0.2) is 4.79 Å². The van der Waals surface area contributed by atoms with E-state index in [0.717, 1.165) is 6.42 Å². The van der Waals surface area contributed by atoms with Gasteiger partial charge in [0.15, 0.2) is 6.61 Å². The maximum atomic E-state index is 12.6. The van der Waals surface area contributed by atoms with Crippen LogP contribution in [0.4, 0.5) is 5.69 Å². The van der Waals surface area contributed by atoms with Crippen LogP contribution in [-0.2, 0) is 14.3 Å². The topological polar surface area (TPSA) is 98.9 Å². The molecule has 2 rings (SSSR count). The lowest BCUT2D eigenvalue weighted by Crippen LogP contribution is -2.37. The molecule has 0 aliphatic heterocycles. The van der Waals surface area contributed by atoms with E-state index in [9.17, 15) is 14.4 Å². The number of carbonyl (C=O) groups excluding carboxylic acids is 3. The number of hydrogen-bond acceptors (Lipinski definition) is 5. The summed E-state index contributed by atoms with van der Waals surface area (Å²) in [5, 5.41) is 0. The number of hydrogen-bond donors (Lipinski definition) is 1. The van der Waals surface area contributed by atoms with Gasteiger partial charge in [0.05, 0.1) is 12.2 Å². The normalized spacial score (nSPS) is 10.5. The van der Waals surface area contributed by atoms with Crippen molar-refractivity contribution in [2.45, 2.75) is 26.7 Å². The summed E-state index contributed by atoms with van der Waals surface area (Å²) in [5.74, 6) is -0.346. The molecule has 0 bridgehead atoms. The maximum absolute atomic E-state index is 12.6. The summed E-state index contributed by atoms with van der Waals surface area (Å²) < 4.78 is 10.8. The number of ether oxygens (including phenoxy) is 2. The van der Waals surface area contributed by atoms with E-state index in [1.165, 1.54) is 4.90 Å². The molecule has 0 fully saturated rings. The second kappa shape index (κ2) is 11.6. The molecule has 30 heavy (non-hydrogen) atoms. The van der Waals surface area contributed by atoms with Crippen LogP contribution in [0.25, 0.3) is 0 Å². The number of primary amides is 1. The minimum atomic E-state index is -0.611. The van der Waals surface area contributed by atoms with E-state index < -0.39 is 24.4 Å². The molecule has 7 nitrogen and oxygen atoms in total. The van der Waals surface area contributed by atoms with Crippen molar-refractivity contribution >= 4 is 23.5 Å². The highest BCUT2D eigenvalue weighted by Crippen LogP contribution is 2.16. The van der Waals surface area contributed by atoms with E-state index in [1.54, 1.807) is 48.5 Å². The van der Waals surface area contributed by atoms with Crippen LogP contribution in [0, 0.1) is 5.92 Å². The number of anilines is 1. The van der Waals surface area contributed by atoms with E-state index in [1.807, 2.05) is 6.07 Å². The number of benzene rings is 2. The highest BCUT2D eigenvalue weighted by molar-refractivity contribution is 5.97. The van der Waals surface area contributed by atoms with Gasteiger partial charge in [-0.05, 0) is 48.7 Å². The molecule has 0 aromatic heterocycles. The third kappa shape index (κ3) is 7.58. The Morgan fingerprint density at radius 2 is 1.67 bits per heavy atom. The van der Waals surface area contributed by atoms with Gasteiger partial charge in [-0.2, -0.15) is 0 Å². The second-order valence-electron chi connectivity index (χ2n) is 7.23. The zero-order chi connectivity index (χ0) is 21.9. The monoisotopic (exact) mass is 412 g/mol. The molecule has 0 spiro atoms. The van der Waals surface area contributed by atoms with Crippen LogP contribution < -0.4 is 15.4 Å². The Bertz CT molecular complexity index is 834. The SMILES string of the molecule is CC(C)CCOc1ccc(C(=O)OCC(=O)N(CCC(N)=O)c2ccccc2)cc1.